The van der Waals surface area contributed by atoms with Gasteiger partial charge in [0.05, 0.1) is 13.0 Å². The number of carbonyl (C=O) groups excluding carboxylic acids is 2. The summed E-state index contributed by atoms with van der Waals surface area (Å²) >= 11 is 0. The van der Waals surface area contributed by atoms with Crippen molar-refractivity contribution in [3.63, 3.8) is 0 Å². The van der Waals surface area contributed by atoms with Crippen molar-refractivity contribution in [2.75, 3.05) is 19.6 Å². The molecule has 0 aromatic heterocycles. The van der Waals surface area contributed by atoms with Crippen molar-refractivity contribution < 1.29 is 18.4 Å². The highest BCUT2D eigenvalue weighted by Crippen LogP contribution is 2.26. The van der Waals surface area contributed by atoms with Crippen molar-refractivity contribution in [2.45, 2.75) is 24.8 Å². The molecule has 2 aromatic carbocycles. The minimum atomic E-state index is -0.894. The highest BCUT2D eigenvalue weighted by molar-refractivity contribution is 5.86. The molecule has 2 atom stereocenters. The van der Waals surface area contributed by atoms with Crippen molar-refractivity contribution in [2.24, 2.45) is 0 Å². The maximum atomic E-state index is 13.6. The molecule has 156 valence electrons. The molecule has 1 fully saturated rings. The minimum Gasteiger partial charge on any atom is -0.350 e. The van der Waals surface area contributed by atoms with Crippen LogP contribution in [0.2, 0.25) is 0 Å². The third kappa shape index (κ3) is 6.51. The zero-order valence-corrected chi connectivity index (χ0v) is 16.6. The van der Waals surface area contributed by atoms with E-state index in [-0.39, 0.29) is 49.1 Å². The fraction of sp³-hybridized carbons (Fsp3) is 0.333. The summed E-state index contributed by atoms with van der Waals surface area (Å²) in [6.07, 6.45) is 0.896. The van der Waals surface area contributed by atoms with Gasteiger partial charge in [-0.25, -0.2) is 8.78 Å². The van der Waals surface area contributed by atoms with Gasteiger partial charge < -0.3 is 16.0 Å². The van der Waals surface area contributed by atoms with Crippen LogP contribution in [0.3, 0.4) is 0 Å². The van der Waals surface area contributed by atoms with Gasteiger partial charge in [-0.3, -0.25) is 9.59 Å². The second kappa shape index (κ2) is 10.9. The Bertz CT molecular complexity index is 836. The maximum Gasteiger partial charge on any atom is 0.239 e. The molecule has 1 aliphatic heterocycles. The molecule has 1 heterocycles. The van der Waals surface area contributed by atoms with E-state index in [2.05, 4.69) is 16.0 Å². The van der Waals surface area contributed by atoms with Gasteiger partial charge in [0.25, 0.3) is 0 Å². The van der Waals surface area contributed by atoms with Crippen LogP contribution in [-0.4, -0.2) is 37.5 Å². The van der Waals surface area contributed by atoms with Crippen LogP contribution in [0.5, 0.6) is 0 Å². The summed E-state index contributed by atoms with van der Waals surface area (Å²) in [5, 5.41) is 8.69. The molecule has 1 saturated heterocycles. The fourth-order valence-corrected chi connectivity index (χ4v) is 3.43. The van der Waals surface area contributed by atoms with E-state index in [4.69, 9.17) is 0 Å². The molecule has 8 heteroatoms. The molecule has 5 nitrogen and oxygen atoms in total. The summed E-state index contributed by atoms with van der Waals surface area (Å²) in [6.45, 7) is 1.11. The summed E-state index contributed by atoms with van der Waals surface area (Å²) in [4.78, 5) is 24.3. The summed E-state index contributed by atoms with van der Waals surface area (Å²) in [5.74, 6) is -2.46. The number of hydrogen-bond acceptors (Lipinski definition) is 3. The van der Waals surface area contributed by atoms with Crippen LogP contribution in [0, 0.1) is 11.6 Å². The standard InChI is InChI=1S/C21H23F2N3O2.ClH/c22-17-7-6-15(11-18(17)23)16-8-9-24-12-19(16)26-21(28)13-25-20(27)10-14-4-2-1-3-5-14;/h1-7,11,16,19,24H,8-10,12-13H2,(H,25,27)(H,26,28);1H. The number of hydrogen-bond donors (Lipinski definition) is 3. The number of carbonyl (C=O) groups is 2. The van der Waals surface area contributed by atoms with Gasteiger partial charge in [0.2, 0.25) is 11.8 Å². The summed E-state index contributed by atoms with van der Waals surface area (Å²) in [5.41, 5.74) is 1.52. The van der Waals surface area contributed by atoms with E-state index in [9.17, 15) is 18.4 Å². The third-order valence-electron chi connectivity index (χ3n) is 4.85. The van der Waals surface area contributed by atoms with Crippen molar-refractivity contribution in [3.8, 4) is 0 Å². The Hall–Kier alpha value is -2.51. The Morgan fingerprint density at radius 3 is 2.52 bits per heavy atom. The molecular formula is C21H24ClF2N3O2. The SMILES string of the molecule is Cl.O=C(Cc1ccccc1)NCC(=O)NC1CNCCC1c1ccc(F)c(F)c1. The van der Waals surface area contributed by atoms with Gasteiger partial charge in [0.15, 0.2) is 11.6 Å². The van der Waals surface area contributed by atoms with E-state index in [1.165, 1.54) is 6.07 Å². The molecule has 3 N–H and O–H groups in total. The van der Waals surface area contributed by atoms with Crippen LogP contribution in [-0.2, 0) is 16.0 Å². The summed E-state index contributed by atoms with van der Waals surface area (Å²) < 4.78 is 26.8. The molecule has 29 heavy (non-hydrogen) atoms. The Balaban J connectivity index is 0.00000300. The minimum absolute atomic E-state index is 0. The second-order valence-corrected chi connectivity index (χ2v) is 6.89. The third-order valence-corrected chi connectivity index (χ3v) is 4.85. The molecule has 1 aliphatic rings. The molecule has 3 rings (SSSR count). The van der Waals surface area contributed by atoms with Crippen molar-refractivity contribution in [1.82, 2.24) is 16.0 Å². The fourth-order valence-electron chi connectivity index (χ4n) is 3.43. The molecule has 0 saturated carbocycles. The number of piperidine rings is 1. The number of halogens is 3. The van der Waals surface area contributed by atoms with E-state index in [1.807, 2.05) is 30.3 Å². The zero-order valence-electron chi connectivity index (χ0n) is 15.8. The van der Waals surface area contributed by atoms with E-state index in [1.54, 1.807) is 6.07 Å². The average molecular weight is 424 g/mol. The Morgan fingerprint density at radius 1 is 1.03 bits per heavy atom. The molecule has 2 amide bonds. The van der Waals surface area contributed by atoms with Crippen LogP contribution in [0.1, 0.15) is 23.5 Å². The first-order valence-corrected chi connectivity index (χ1v) is 9.28. The molecule has 0 bridgehead atoms. The van der Waals surface area contributed by atoms with E-state index in [0.717, 1.165) is 18.2 Å². The lowest BCUT2D eigenvalue weighted by Crippen LogP contribution is -2.52. The predicted octanol–water partition coefficient (Wildman–Crippen LogP) is 2.31. The van der Waals surface area contributed by atoms with Gasteiger partial charge in [-0.2, -0.15) is 0 Å². The van der Waals surface area contributed by atoms with Gasteiger partial charge in [-0.05, 0) is 36.2 Å². The quantitative estimate of drug-likeness (QED) is 0.667. The maximum absolute atomic E-state index is 13.6. The molecule has 0 radical (unpaired) electrons. The largest absolute Gasteiger partial charge is 0.350 e. The van der Waals surface area contributed by atoms with E-state index < -0.39 is 11.6 Å². The Kier molecular flexibility index (Phi) is 8.54. The van der Waals surface area contributed by atoms with Gasteiger partial charge in [-0.1, -0.05) is 36.4 Å². The predicted molar refractivity (Wildman–Crippen MR) is 109 cm³/mol. The Labute approximate surface area is 174 Å². The van der Waals surface area contributed by atoms with Crippen molar-refractivity contribution in [1.29, 1.82) is 0 Å². The topological polar surface area (TPSA) is 70.2 Å². The number of rotatable bonds is 6. The Morgan fingerprint density at radius 2 is 1.79 bits per heavy atom. The van der Waals surface area contributed by atoms with E-state index >= 15 is 0 Å². The molecule has 2 unspecified atom stereocenters. The second-order valence-electron chi connectivity index (χ2n) is 6.89. The molecular weight excluding hydrogens is 400 g/mol. The zero-order chi connectivity index (χ0) is 19.9. The summed E-state index contributed by atoms with van der Waals surface area (Å²) in [7, 11) is 0. The van der Waals surface area contributed by atoms with Crippen LogP contribution in [0.25, 0.3) is 0 Å². The highest BCUT2D eigenvalue weighted by Gasteiger charge is 2.28. The van der Waals surface area contributed by atoms with Gasteiger partial charge >= 0.3 is 0 Å². The van der Waals surface area contributed by atoms with Gasteiger partial charge in [0, 0.05) is 18.5 Å². The molecule has 0 aliphatic carbocycles. The van der Waals surface area contributed by atoms with Crippen LogP contribution < -0.4 is 16.0 Å². The van der Waals surface area contributed by atoms with Crippen LogP contribution >= 0.6 is 12.4 Å². The number of benzene rings is 2. The van der Waals surface area contributed by atoms with Crippen LogP contribution in [0.15, 0.2) is 48.5 Å². The number of nitrogens with one attached hydrogen (secondary N) is 3. The van der Waals surface area contributed by atoms with Crippen molar-refractivity contribution >= 4 is 24.2 Å². The first kappa shape index (κ1) is 22.8. The van der Waals surface area contributed by atoms with E-state index in [0.29, 0.717) is 18.5 Å². The van der Waals surface area contributed by atoms with Crippen molar-refractivity contribution in [3.05, 3.63) is 71.3 Å². The molecule has 0 spiro atoms. The first-order chi connectivity index (χ1) is 13.5. The van der Waals surface area contributed by atoms with Crippen LogP contribution in [0.4, 0.5) is 8.78 Å². The van der Waals surface area contributed by atoms with Gasteiger partial charge in [-0.15, -0.1) is 12.4 Å². The monoisotopic (exact) mass is 423 g/mol. The van der Waals surface area contributed by atoms with Gasteiger partial charge in [0.1, 0.15) is 0 Å². The lowest BCUT2D eigenvalue weighted by molar-refractivity contribution is -0.126. The smallest absolute Gasteiger partial charge is 0.239 e. The number of amides is 2. The highest BCUT2D eigenvalue weighted by atomic mass is 35.5. The normalized spacial score (nSPS) is 18.4. The first-order valence-electron chi connectivity index (χ1n) is 9.28. The summed E-state index contributed by atoms with van der Waals surface area (Å²) in [6, 6.07) is 12.8. The lowest BCUT2D eigenvalue weighted by atomic mass is 9.86. The lowest BCUT2D eigenvalue weighted by Gasteiger charge is -2.33. The average Bonchev–Trinajstić information content (AvgIpc) is 2.70. The molecule has 2 aromatic rings.